The molecule has 0 spiro atoms. The van der Waals surface area contributed by atoms with Gasteiger partial charge in [-0.2, -0.15) is 10.1 Å². The minimum Gasteiger partial charge on any atom is -0.333 e. The van der Waals surface area contributed by atoms with E-state index in [1.54, 1.807) is 18.6 Å². The molecule has 4 rings (SSSR count). The van der Waals surface area contributed by atoms with Crippen LogP contribution in [0.15, 0.2) is 53.4 Å². The van der Waals surface area contributed by atoms with E-state index in [0.29, 0.717) is 5.56 Å². The summed E-state index contributed by atoms with van der Waals surface area (Å²) in [7, 11) is 0. The number of rotatable bonds is 7. The molecule has 0 aliphatic heterocycles. The predicted molar refractivity (Wildman–Crippen MR) is 108 cm³/mol. The molecule has 0 radical (unpaired) electrons. The molecule has 1 aromatic carbocycles. The van der Waals surface area contributed by atoms with Crippen LogP contribution in [0.3, 0.4) is 0 Å². The first-order valence-electron chi connectivity index (χ1n) is 9.89. The second-order valence-corrected chi connectivity index (χ2v) is 6.99. The van der Waals surface area contributed by atoms with Crippen LogP contribution in [0.1, 0.15) is 39.2 Å². The highest BCUT2D eigenvalue weighted by atomic mass is 19.1. The van der Waals surface area contributed by atoms with E-state index in [9.17, 15) is 8.78 Å². The van der Waals surface area contributed by atoms with Gasteiger partial charge >= 0.3 is 0 Å². The predicted octanol–water partition coefficient (Wildman–Crippen LogP) is 5.69. The van der Waals surface area contributed by atoms with Crippen molar-refractivity contribution in [2.75, 3.05) is 0 Å². The van der Waals surface area contributed by atoms with E-state index in [2.05, 4.69) is 34.1 Å². The van der Waals surface area contributed by atoms with Crippen LogP contribution in [-0.4, -0.2) is 24.9 Å². The van der Waals surface area contributed by atoms with Gasteiger partial charge in [-0.05, 0) is 43.2 Å². The van der Waals surface area contributed by atoms with Crippen LogP contribution in [0.4, 0.5) is 8.78 Å². The van der Waals surface area contributed by atoms with E-state index in [1.165, 1.54) is 0 Å². The molecule has 0 bridgehead atoms. The number of hydrogen-bond donors (Lipinski definition) is 0. The van der Waals surface area contributed by atoms with Crippen molar-refractivity contribution in [3.05, 3.63) is 60.6 Å². The molecule has 1 atom stereocenters. The first kappa shape index (κ1) is 19.9. The normalized spacial score (nSPS) is 12.3. The first-order chi connectivity index (χ1) is 14.6. The maximum Gasteiger partial charge on any atom is 0.262 e. The lowest BCUT2D eigenvalue weighted by atomic mass is 10.1. The molecule has 154 valence electrons. The van der Waals surface area contributed by atoms with Crippen LogP contribution in [0.5, 0.6) is 0 Å². The first-order valence-corrected chi connectivity index (χ1v) is 9.89. The monoisotopic (exact) mass is 409 g/mol. The second-order valence-electron chi connectivity index (χ2n) is 6.99. The largest absolute Gasteiger partial charge is 0.333 e. The Balaban J connectivity index is 1.83. The van der Waals surface area contributed by atoms with Gasteiger partial charge in [0.05, 0.1) is 29.1 Å². The molecule has 0 fully saturated rings. The summed E-state index contributed by atoms with van der Waals surface area (Å²) in [5.74, 6) is -1.02. The van der Waals surface area contributed by atoms with E-state index in [4.69, 9.17) is 4.52 Å². The number of pyridine rings is 1. The molecule has 3 heterocycles. The highest BCUT2D eigenvalue weighted by Gasteiger charge is 2.24. The summed E-state index contributed by atoms with van der Waals surface area (Å²) in [6.45, 7) is 4.26. The van der Waals surface area contributed by atoms with Gasteiger partial charge in [0.15, 0.2) is 0 Å². The Hall–Kier alpha value is -3.42. The molecule has 0 saturated heterocycles. The van der Waals surface area contributed by atoms with Crippen LogP contribution in [0, 0.1) is 11.6 Å². The zero-order valence-corrected chi connectivity index (χ0v) is 16.7. The maximum absolute atomic E-state index is 14.1. The van der Waals surface area contributed by atoms with Crippen molar-refractivity contribution in [1.29, 1.82) is 0 Å². The van der Waals surface area contributed by atoms with Gasteiger partial charge in [-0.25, -0.2) is 8.78 Å². The average molecular weight is 409 g/mol. The van der Waals surface area contributed by atoms with Gasteiger partial charge in [0.25, 0.3) is 5.89 Å². The smallest absolute Gasteiger partial charge is 0.262 e. The molecule has 30 heavy (non-hydrogen) atoms. The van der Waals surface area contributed by atoms with Crippen molar-refractivity contribution in [3.8, 4) is 34.1 Å². The van der Waals surface area contributed by atoms with Crippen molar-refractivity contribution in [2.24, 2.45) is 0 Å². The Morgan fingerprint density at radius 3 is 2.60 bits per heavy atom. The van der Waals surface area contributed by atoms with Crippen molar-refractivity contribution >= 4 is 0 Å². The molecule has 0 aliphatic rings. The lowest BCUT2D eigenvalue weighted by Crippen LogP contribution is -2.11. The average Bonchev–Trinajstić information content (AvgIpc) is 3.41. The second kappa shape index (κ2) is 8.52. The molecule has 0 N–H and O–H groups in total. The van der Waals surface area contributed by atoms with E-state index < -0.39 is 11.6 Å². The van der Waals surface area contributed by atoms with Gasteiger partial charge in [0.2, 0.25) is 5.82 Å². The molecular weight excluding hydrogens is 388 g/mol. The number of aromatic nitrogens is 5. The summed E-state index contributed by atoms with van der Waals surface area (Å²) < 4.78 is 35.1. The Kier molecular flexibility index (Phi) is 5.65. The third kappa shape index (κ3) is 3.72. The molecule has 1 unspecified atom stereocenters. The molecule has 8 heteroatoms. The van der Waals surface area contributed by atoms with Gasteiger partial charge in [-0.1, -0.05) is 25.4 Å². The molecule has 3 aromatic heterocycles. The zero-order chi connectivity index (χ0) is 21.1. The van der Waals surface area contributed by atoms with Gasteiger partial charge in [-0.15, -0.1) is 0 Å². The van der Waals surface area contributed by atoms with Crippen LogP contribution in [0.25, 0.3) is 34.1 Å². The number of hydrogen-bond acceptors (Lipinski definition) is 5. The molecule has 0 aliphatic carbocycles. The molecule has 0 amide bonds. The lowest BCUT2D eigenvalue weighted by molar-refractivity contribution is 0.412. The summed E-state index contributed by atoms with van der Waals surface area (Å²) in [5, 5.41) is 8.47. The van der Waals surface area contributed by atoms with Gasteiger partial charge in [-0.3, -0.25) is 9.67 Å². The quantitative estimate of drug-likeness (QED) is 0.392. The number of nitrogens with zero attached hydrogens (tertiary/aromatic N) is 5. The summed E-state index contributed by atoms with van der Waals surface area (Å²) in [5.41, 5.74) is 2.31. The number of benzene rings is 1. The van der Waals surface area contributed by atoms with Crippen LogP contribution < -0.4 is 0 Å². The fraction of sp³-hybridized carbons (Fsp3) is 0.273. The van der Waals surface area contributed by atoms with Gasteiger partial charge in [0.1, 0.15) is 11.6 Å². The van der Waals surface area contributed by atoms with Crippen molar-refractivity contribution in [3.63, 3.8) is 0 Å². The SMILES string of the molecule is CCCC(CC)n1ncc(-c2nc(-c3cc(F)ccc3F)no2)c1-c1ccncc1. The van der Waals surface area contributed by atoms with Crippen LogP contribution >= 0.6 is 0 Å². The summed E-state index contributed by atoms with van der Waals surface area (Å²) >= 11 is 0. The standard InChI is InChI=1S/C22H21F2N5O/c1-3-5-16(4-2)29-20(14-8-10-25-11-9-14)18(13-26-29)22-27-21(28-30-22)17-12-15(23)6-7-19(17)24/h6-13,16H,3-5H2,1-2H3. The van der Waals surface area contributed by atoms with E-state index in [-0.39, 0.29) is 23.3 Å². The topological polar surface area (TPSA) is 69.6 Å². The number of halogens is 2. The van der Waals surface area contributed by atoms with Crippen LogP contribution in [-0.2, 0) is 0 Å². The minimum absolute atomic E-state index is 0.0176. The Morgan fingerprint density at radius 2 is 1.87 bits per heavy atom. The van der Waals surface area contributed by atoms with E-state index >= 15 is 0 Å². The highest BCUT2D eigenvalue weighted by Crippen LogP contribution is 2.35. The van der Waals surface area contributed by atoms with E-state index in [0.717, 1.165) is 48.7 Å². The Morgan fingerprint density at radius 1 is 1.07 bits per heavy atom. The van der Waals surface area contributed by atoms with E-state index in [1.807, 2.05) is 16.8 Å². The lowest BCUT2D eigenvalue weighted by Gasteiger charge is -2.18. The van der Waals surface area contributed by atoms with Crippen molar-refractivity contribution < 1.29 is 13.3 Å². The van der Waals surface area contributed by atoms with Crippen molar-refractivity contribution in [2.45, 2.75) is 39.2 Å². The summed E-state index contributed by atoms with van der Waals surface area (Å²) in [4.78, 5) is 8.42. The molecule has 0 saturated carbocycles. The summed E-state index contributed by atoms with van der Waals surface area (Å²) in [6.07, 6.45) is 7.99. The third-order valence-electron chi connectivity index (χ3n) is 5.01. The van der Waals surface area contributed by atoms with Gasteiger partial charge in [0, 0.05) is 18.0 Å². The molecule has 4 aromatic rings. The zero-order valence-electron chi connectivity index (χ0n) is 16.7. The molecular formula is C22H21F2N5O. The fourth-order valence-electron chi connectivity index (χ4n) is 3.54. The fourth-order valence-corrected chi connectivity index (χ4v) is 3.54. The van der Waals surface area contributed by atoms with Gasteiger partial charge < -0.3 is 4.52 Å². The Bertz CT molecular complexity index is 1140. The highest BCUT2D eigenvalue weighted by molar-refractivity contribution is 5.77. The Labute approximate surface area is 172 Å². The molecule has 6 nitrogen and oxygen atoms in total. The summed E-state index contributed by atoms with van der Waals surface area (Å²) in [6, 6.07) is 7.11. The third-order valence-corrected chi connectivity index (χ3v) is 5.01. The van der Waals surface area contributed by atoms with Crippen molar-refractivity contribution in [1.82, 2.24) is 24.9 Å². The van der Waals surface area contributed by atoms with Crippen LogP contribution in [0.2, 0.25) is 0 Å². The maximum atomic E-state index is 14.1. The minimum atomic E-state index is -0.622.